The second kappa shape index (κ2) is 13.1. The lowest BCUT2D eigenvalue weighted by Gasteiger charge is -2.35. The van der Waals surface area contributed by atoms with E-state index < -0.39 is 0 Å². The molecule has 0 aromatic carbocycles. The summed E-state index contributed by atoms with van der Waals surface area (Å²) in [6, 6.07) is 2.25. The van der Waals surface area contributed by atoms with Crippen molar-refractivity contribution in [1.29, 1.82) is 5.26 Å². The Morgan fingerprint density at radius 2 is 1.85 bits per heavy atom. The Morgan fingerprint density at radius 1 is 1.15 bits per heavy atom. The first-order chi connectivity index (χ1) is 18.8. The zero-order chi connectivity index (χ0) is 28.1. The number of hydrogen-bond acceptors (Lipinski definition) is 8. The molecule has 1 aromatic rings. The molecular weight excluding hydrogens is 532 g/mol. The van der Waals surface area contributed by atoms with Gasteiger partial charge in [0.25, 0.3) is 11.5 Å². The van der Waals surface area contributed by atoms with Gasteiger partial charge in [0.1, 0.15) is 21.8 Å². The highest BCUT2D eigenvalue weighted by atomic mass is 32.2. The minimum atomic E-state index is -0.308. The van der Waals surface area contributed by atoms with Crippen LogP contribution in [-0.2, 0) is 20.9 Å². The van der Waals surface area contributed by atoms with Gasteiger partial charge in [-0.1, -0.05) is 56.6 Å². The minimum Gasteiger partial charge on any atom is -0.466 e. The topological polar surface area (TPSA) is 95.6 Å². The summed E-state index contributed by atoms with van der Waals surface area (Å²) in [5.74, 6) is 0.276. The lowest BCUT2D eigenvalue weighted by Crippen LogP contribution is -2.41. The molecule has 10 heteroatoms. The van der Waals surface area contributed by atoms with Crippen molar-refractivity contribution in [2.24, 2.45) is 5.92 Å². The summed E-state index contributed by atoms with van der Waals surface area (Å²) in [6.45, 7) is 7.63. The van der Waals surface area contributed by atoms with Crippen molar-refractivity contribution >= 4 is 52.1 Å². The van der Waals surface area contributed by atoms with Gasteiger partial charge < -0.3 is 9.64 Å². The van der Waals surface area contributed by atoms with Gasteiger partial charge in [-0.3, -0.25) is 23.9 Å². The van der Waals surface area contributed by atoms with E-state index in [2.05, 4.69) is 17.9 Å². The molecule has 210 valence electrons. The number of amides is 1. The van der Waals surface area contributed by atoms with E-state index >= 15 is 0 Å². The van der Waals surface area contributed by atoms with Gasteiger partial charge in [-0.25, -0.2) is 0 Å². The van der Waals surface area contributed by atoms with Crippen LogP contribution in [0.3, 0.4) is 0 Å². The van der Waals surface area contributed by atoms with Crippen molar-refractivity contribution in [2.75, 3.05) is 24.6 Å². The molecule has 3 aliphatic rings. The maximum atomic E-state index is 13.6. The summed E-state index contributed by atoms with van der Waals surface area (Å²) >= 11 is 6.96. The Bertz CT molecular complexity index is 1250. The molecule has 1 amide bonds. The van der Waals surface area contributed by atoms with Crippen LogP contribution in [0.25, 0.3) is 6.08 Å². The third-order valence-corrected chi connectivity index (χ3v) is 9.37. The molecule has 1 saturated carbocycles. The average molecular weight is 571 g/mol. The average Bonchev–Trinajstić information content (AvgIpc) is 3.22. The number of esters is 1. The molecule has 3 heterocycles. The number of nitrogens with zero attached hydrogens (tertiary/aromatic N) is 4. The van der Waals surface area contributed by atoms with Crippen molar-refractivity contribution in [3.63, 3.8) is 0 Å². The van der Waals surface area contributed by atoms with Crippen LogP contribution in [0.2, 0.25) is 0 Å². The molecule has 0 bridgehead atoms. The third-order valence-electron chi connectivity index (χ3n) is 8.03. The highest BCUT2D eigenvalue weighted by molar-refractivity contribution is 8.26. The van der Waals surface area contributed by atoms with E-state index in [1.807, 2.05) is 13.0 Å². The second-order valence-electron chi connectivity index (χ2n) is 10.5. The maximum absolute atomic E-state index is 13.6. The Balaban J connectivity index is 1.77. The van der Waals surface area contributed by atoms with Crippen LogP contribution in [-0.4, -0.2) is 51.4 Å². The third kappa shape index (κ3) is 6.09. The first-order valence-electron chi connectivity index (χ1n) is 14.2. The molecule has 0 N–H and O–H groups in total. The van der Waals surface area contributed by atoms with E-state index in [4.69, 9.17) is 17.0 Å². The zero-order valence-corrected chi connectivity index (χ0v) is 24.8. The number of pyridine rings is 1. The normalized spacial score (nSPS) is 20.1. The summed E-state index contributed by atoms with van der Waals surface area (Å²) in [6.07, 6.45) is 10.0. The van der Waals surface area contributed by atoms with Crippen LogP contribution in [0.5, 0.6) is 0 Å². The van der Waals surface area contributed by atoms with Gasteiger partial charge in [-0.15, -0.1) is 0 Å². The molecule has 0 unspecified atom stereocenters. The van der Waals surface area contributed by atoms with Gasteiger partial charge in [0.2, 0.25) is 0 Å². The Kier molecular flexibility index (Phi) is 9.89. The highest BCUT2D eigenvalue weighted by Gasteiger charge is 2.38. The molecule has 39 heavy (non-hydrogen) atoms. The Morgan fingerprint density at radius 3 is 2.46 bits per heavy atom. The van der Waals surface area contributed by atoms with Gasteiger partial charge in [0, 0.05) is 31.2 Å². The first-order valence-corrected chi connectivity index (χ1v) is 15.4. The van der Waals surface area contributed by atoms with Gasteiger partial charge in [-0.2, -0.15) is 5.26 Å². The molecule has 1 aromatic heterocycles. The van der Waals surface area contributed by atoms with Gasteiger partial charge in [-0.05, 0) is 57.6 Å². The number of aromatic nitrogens is 1. The second-order valence-corrected chi connectivity index (χ2v) is 12.2. The number of unbranched alkanes of at least 4 members (excludes halogenated alkanes) is 1. The van der Waals surface area contributed by atoms with E-state index in [1.54, 1.807) is 16.4 Å². The van der Waals surface area contributed by atoms with E-state index in [0.29, 0.717) is 59.4 Å². The van der Waals surface area contributed by atoms with Crippen molar-refractivity contribution < 1.29 is 14.3 Å². The first kappa shape index (κ1) is 29.3. The molecule has 2 saturated heterocycles. The minimum absolute atomic E-state index is 0.0897. The van der Waals surface area contributed by atoms with Crippen LogP contribution in [0.15, 0.2) is 9.70 Å². The largest absolute Gasteiger partial charge is 0.466 e. The van der Waals surface area contributed by atoms with Crippen molar-refractivity contribution in [3.05, 3.63) is 31.9 Å². The predicted octanol–water partition coefficient (Wildman–Crippen LogP) is 5.14. The molecule has 0 spiro atoms. The number of nitriles is 1. The quantitative estimate of drug-likeness (QED) is 0.241. The van der Waals surface area contributed by atoms with Crippen molar-refractivity contribution in [2.45, 2.75) is 91.1 Å². The Labute approximate surface area is 240 Å². The van der Waals surface area contributed by atoms with Crippen LogP contribution >= 0.6 is 24.0 Å². The number of hydrogen-bond donors (Lipinski definition) is 0. The van der Waals surface area contributed by atoms with Gasteiger partial charge in [0.05, 0.1) is 17.4 Å². The standard InChI is InChI=1S/C29H38N4O4S2/c1-4-6-14-32-25(31-15-12-20(13-16-31)28(36)37-5-2)22(19(3)23(18-30)26(32)34)17-24-27(35)33(29(38)39-24)21-10-8-7-9-11-21/h17,20-21H,4-16H2,1-3H3/b24-17-. The number of carbonyl (C=O) groups is 2. The SMILES string of the molecule is CCCCn1c(N2CCC(C(=O)OCC)CC2)c(/C=C2\SC(=S)N(C3CCCCC3)C2=O)c(C)c(C#N)c1=O. The fourth-order valence-electron chi connectivity index (χ4n) is 5.86. The van der Waals surface area contributed by atoms with Crippen molar-refractivity contribution in [3.8, 4) is 6.07 Å². The molecule has 2 aliphatic heterocycles. The van der Waals surface area contributed by atoms with Gasteiger partial charge >= 0.3 is 5.97 Å². The van der Waals surface area contributed by atoms with E-state index in [-0.39, 0.29) is 35.0 Å². The molecule has 0 radical (unpaired) electrons. The van der Waals surface area contributed by atoms with E-state index in [9.17, 15) is 19.6 Å². The fourth-order valence-corrected chi connectivity index (χ4v) is 7.24. The predicted molar refractivity (Wildman–Crippen MR) is 159 cm³/mol. The number of anilines is 1. The van der Waals surface area contributed by atoms with Crippen LogP contribution in [0.1, 0.15) is 88.3 Å². The molecular formula is C29H38N4O4S2. The maximum Gasteiger partial charge on any atom is 0.309 e. The number of rotatable bonds is 8. The number of piperidine rings is 1. The zero-order valence-electron chi connectivity index (χ0n) is 23.2. The number of thiocarbonyl (C=S) groups is 1. The summed E-state index contributed by atoms with van der Waals surface area (Å²) < 4.78 is 7.52. The fraction of sp³-hybridized carbons (Fsp3) is 0.621. The summed E-state index contributed by atoms with van der Waals surface area (Å²) in [4.78, 5) is 44.0. The van der Waals surface area contributed by atoms with Crippen molar-refractivity contribution in [1.82, 2.24) is 9.47 Å². The Hall–Kier alpha value is -2.64. The number of carbonyl (C=O) groups excluding carboxylic acids is 2. The smallest absolute Gasteiger partial charge is 0.309 e. The van der Waals surface area contributed by atoms with Gasteiger partial charge in [0.15, 0.2) is 0 Å². The highest BCUT2D eigenvalue weighted by Crippen LogP contribution is 2.39. The summed E-state index contributed by atoms with van der Waals surface area (Å²) in [5, 5.41) is 9.94. The number of thioether (sulfide) groups is 1. The lowest BCUT2D eigenvalue weighted by molar-refractivity contribution is -0.148. The molecule has 4 rings (SSSR count). The summed E-state index contributed by atoms with van der Waals surface area (Å²) in [5.41, 5.74) is 1.07. The van der Waals surface area contributed by atoms with Crippen LogP contribution in [0, 0.1) is 24.2 Å². The lowest BCUT2D eigenvalue weighted by atomic mass is 9.94. The molecule has 8 nitrogen and oxygen atoms in total. The van der Waals surface area contributed by atoms with E-state index in [0.717, 1.165) is 44.3 Å². The monoisotopic (exact) mass is 570 g/mol. The molecule has 0 atom stereocenters. The van der Waals surface area contributed by atoms with E-state index in [1.165, 1.54) is 18.2 Å². The molecule has 1 aliphatic carbocycles. The van der Waals surface area contributed by atoms with Crippen LogP contribution in [0.4, 0.5) is 5.82 Å². The van der Waals surface area contributed by atoms with Crippen LogP contribution < -0.4 is 10.5 Å². The molecule has 3 fully saturated rings. The number of ether oxygens (including phenoxy) is 1. The summed E-state index contributed by atoms with van der Waals surface area (Å²) in [7, 11) is 0.